The van der Waals surface area contributed by atoms with Crippen molar-refractivity contribution in [3.05, 3.63) is 27.8 Å². The molecular weight excluding hydrogens is 414 g/mol. The van der Waals surface area contributed by atoms with E-state index in [1.54, 1.807) is 11.1 Å². The van der Waals surface area contributed by atoms with Crippen molar-refractivity contribution in [1.82, 2.24) is 0 Å². The fourth-order valence-electron chi connectivity index (χ4n) is 5.36. The van der Waals surface area contributed by atoms with Crippen LogP contribution in [0.1, 0.15) is 111 Å². The Hall–Kier alpha value is -0.120. The van der Waals surface area contributed by atoms with Crippen molar-refractivity contribution in [3.63, 3.8) is 0 Å². The Morgan fingerprint density at radius 1 is 0.516 bits per heavy atom. The van der Waals surface area contributed by atoms with E-state index >= 15 is 0 Å². The van der Waals surface area contributed by atoms with Gasteiger partial charge in [0.2, 0.25) is 0 Å². The molecule has 0 aliphatic heterocycles. The molecule has 1 rings (SSSR count). The van der Waals surface area contributed by atoms with Gasteiger partial charge < -0.3 is 4.74 Å². The van der Waals surface area contributed by atoms with Gasteiger partial charge in [0.05, 0.1) is 7.11 Å². The van der Waals surface area contributed by atoms with Crippen LogP contribution in [-0.2, 0) is 12.3 Å². The quantitative estimate of drug-likeness (QED) is 0.392. The predicted octanol–water partition coefficient (Wildman–Crippen LogP) is 9.78. The Balaban J connectivity index is 3.75. The lowest BCUT2D eigenvalue weighted by atomic mass is 9.94. The van der Waals surface area contributed by atoms with E-state index in [2.05, 4.69) is 104 Å². The largest absolute Gasteiger partial charge is 0.496 e. The number of rotatable bonds is 5. The van der Waals surface area contributed by atoms with Crippen LogP contribution >= 0.6 is 15.8 Å². The molecule has 31 heavy (non-hydrogen) atoms. The second kappa shape index (κ2) is 9.63. The van der Waals surface area contributed by atoms with Gasteiger partial charge in [-0.25, -0.2) is 0 Å². The van der Waals surface area contributed by atoms with Crippen LogP contribution in [0.4, 0.5) is 0 Å². The smallest absolute Gasteiger partial charge is 0.125 e. The summed E-state index contributed by atoms with van der Waals surface area (Å²) in [7, 11) is 1.44. The zero-order valence-corrected chi connectivity index (χ0v) is 25.5. The van der Waals surface area contributed by atoms with Gasteiger partial charge in [-0.05, 0) is 81.5 Å². The first-order valence-corrected chi connectivity index (χ1v) is 14.9. The monoisotopic (exact) mass is 466 g/mol. The molecule has 0 radical (unpaired) electrons. The zero-order chi connectivity index (χ0) is 24.7. The summed E-state index contributed by atoms with van der Waals surface area (Å²) in [5, 5.41) is 1.25. The highest BCUT2D eigenvalue weighted by molar-refractivity contribution is 7.60. The number of benzene rings is 1. The molecule has 1 aromatic carbocycles. The molecule has 0 saturated carbocycles. The van der Waals surface area contributed by atoms with Crippen LogP contribution in [0.25, 0.3) is 0 Å². The third kappa shape index (κ3) is 6.93. The van der Waals surface area contributed by atoms with E-state index in [4.69, 9.17) is 4.74 Å². The fraction of sp³-hybridized carbons (Fsp3) is 0.786. The average molecular weight is 467 g/mol. The molecule has 0 heterocycles. The Morgan fingerprint density at radius 2 is 0.774 bits per heavy atom. The van der Waals surface area contributed by atoms with Crippen LogP contribution < -0.4 is 4.74 Å². The van der Waals surface area contributed by atoms with Gasteiger partial charge in [0.25, 0.3) is 0 Å². The third-order valence-electron chi connectivity index (χ3n) is 6.57. The molecule has 1 aromatic rings. The van der Waals surface area contributed by atoms with E-state index in [0.29, 0.717) is 20.6 Å². The highest BCUT2D eigenvalue weighted by atomic mass is 31.1. The van der Waals surface area contributed by atoms with Gasteiger partial charge in [0.1, 0.15) is 5.75 Å². The maximum atomic E-state index is 6.03. The maximum absolute atomic E-state index is 6.03. The minimum atomic E-state index is -0.207. The van der Waals surface area contributed by atoms with Crippen LogP contribution in [0, 0.1) is 20.8 Å². The molecular formula is C28H52OP2. The van der Waals surface area contributed by atoms with E-state index in [0.717, 1.165) is 5.75 Å². The molecule has 0 amide bonds. The third-order valence-corrected chi connectivity index (χ3v) is 14.3. The Kier molecular flexibility index (Phi) is 8.98. The topological polar surface area (TPSA) is 9.23 Å². The van der Waals surface area contributed by atoms with Crippen LogP contribution in [0.15, 0.2) is 0 Å². The molecule has 0 spiro atoms. The highest BCUT2D eigenvalue weighted by Crippen LogP contribution is 2.64. The molecule has 0 unspecified atom stereocenters. The van der Waals surface area contributed by atoms with Crippen molar-refractivity contribution in [2.75, 3.05) is 7.11 Å². The standard InChI is InChI=1S/C28H52OP2/c1-19-22(17-30(25(4,5)6)26(7,8)9)20(2)24(29-16)21(3)23(19)18-31(27(10,11)12)28(13,14)15/h17-18H2,1-16H3. The first-order chi connectivity index (χ1) is 13.6. The average Bonchev–Trinajstić information content (AvgIpc) is 2.49. The first-order valence-electron chi connectivity index (χ1n) is 11.8. The minimum absolute atomic E-state index is 0.207. The van der Waals surface area contributed by atoms with Crippen molar-refractivity contribution in [3.8, 4) is 5.75 Å². The normalized spacial score (nSPS) is 14.0. The number of ether oxygens (including phenoxy) is 1. The van der Waals surface area contributed by atoms with Crippen molar-refractivity contribution in [2.45, 2.75) is 137 Å². The minimum Gasteiger partial charge on any atom is -0.496 e. The Morgan fingerprint density at radius 3 is 0.968 bits per heavy atom. The van der Waals surface area contributed by atoms with Crippen LogP contribution in [0.2, 0.25) is 0 Å². The Labute approximate surface area is 198 Å². The van der Waals surface area contributed by atoms with Gasteiger partial charge in [0, 0.05) is 0 Å². The summed E-state index contributed by atoms with van der Waals surface area (Å²) < 4.78 is 6.03. The van der Waals surface area contributed by atoms with Gasteiger partial charge in [0.15, 0.2) is 0 Å². The highest BCUT2D eigenvalue weighted by Gasteiger charge is 2.37. The molecule has 3 heteroatoms. The van der Waals surface area contributed by atoms with Gasteiger partial charge in [-0.3, -0.25) is 0 Å². The molecule has 0 bridgehead atoms. The molecule has 0 atom stereocenters. The van der Waals surface area contributed by atoms with Gasteiger partial charge in [-0.15, -0.1) is 0 Å². The zero-order valence-electron chi connectivity index (χ0n) is 23.7. The number of hydrogen-bond acceptors (Lipinski definition) is 1. The Bertz CT molecular complexity index is 676. The lowest BCUT2D eigenvalue weighted by Crippen LogP contribution is -2.27. The van der Waals surface area contributed by atoms with E-state index in [1.165, 1.54) is 29.0 Å². The molecule has 0 saturated heterocycles. The summed E-state index contributed by atoms with van der Waals surface area (Å²) in [4.78, 5) is 0. The van der Waals surface area contributed by atoms with Gasteiger partial charge in [-0.2, -0.15) is 0 Å². The van der Waals surface area contributed by atoms with E-state index < -0.39 is 0 Å². The van der Waals surface area contributed by atoms with Gasteiger partial charge in [-0.1, -0.05) is 98.9 Å². The van der Waals surface area contributed by atoms with E-state index in [-0.39, 0.29) is 15.8 Å². The van der Waals surface area contributed by atoms with Crippen molar-refractivity contribution >= 4 is 15.8 Å². The molecule has 0 fully saturated rings. The summed E-state index contributed by atoms with van der Waals surface area (Å²) in [6.07, 6.45) is 2.35. The molecule has 0 aliphatic carbocycles. The van der Waals surface area contributed by atoms with Crippen molar-refractivity contribution < 1.29 is 4.74 Å². The fourth-order valence-corrected chi connectivity index (χ4v) is 12.9. The number of methoxy groups -OCH3 is 1. The molecule has 1 nitrogen and oxygen atoms in total. The maximum Gasteiger partial charge on any atom is 0.125 e. The van der Waals surface area contributed by atoms with Crippen LogP contribution in [-0.4, -0.2) is 27.7 Å². The number of hydrogen-bond donors (Lipinski definition) is 0. The SMILES string of the molecule is COc1c(C)c(CP(C(C)(C)C)C(C)(C)C)c(C)c(CP(C(C)(C)C)C(C)(C)C)c1C. The summed E-state index contributed by atoms with van der Waals surface area (Å²) in [6.45, 7) is 36.1. The second-order valence-corrected chi connectivity index (χ2v) is 20.9. The summed E-state index contributed by atoms with van der Waals surface area (Å²) in [5.74, 6) is 1.12. The summed E-state index contributed by atoms with van der Waals surface area (Å²) in [5.41, 5.74) is 7.34. The molecule has 0 aromatic heterocycles. The molecule has 0 aliphatic rings. The lowest BCUT2D eigenvalue weighted by molar-refractivity contribution is 0.407. The summed E-state index contributed by atoms with van der Waals surface area (Å²) >= 11 is 0. The lowest BCUT2D eigenvalue weighted by Gasteiger charge is -2.43. The van der Waals surface area contributed by atoms with E-state index in [9.17, 15) is 0 Å². The molecule has 0 N–H and O–H groups in total. The predicted molar refractivity (Wildman–Crippen MR) is 147 cm³/mol. The molecule has 180 valence electrons. The van der Waals surface area contributed by atoms with Crippen molar-refractivity contribution in [1.29, 1.82) is 0 Å². The van der Waals surface area contributed by atoms with Gasteiger partial charge >= 0.3 is 0 Å². The van der Waals surface area contributed by atoms with Crippen molar-refractivity contribution in [2.24, 2.45) is 0 Å². The van der Waals surface area contributed by atoms with Crippen LogP contribution in [0.3, 0.4) is 0 Å². The summed E-state index contributed by atoms with van der Waals surface area (Å²) in [6, 6.07) is 0. The van der Waals surface area contributed by atoms with E-state index in [1.807, 2.05) is 7.11 Å². The first kappa shape index (κ1) is 28.9. The second-order valence-electron chi connectivity index (χ2n) is 13.2. The van der Waals surface area contributed by atoms with Crippen LogP contribution in [0.5, 0.6) is 5.75 Å².